The Bertz CT molecular complexity index is 1300. The molecule has 1 saturated carbocycles. The van der Waals surface area contributed by atoms with Crippen LogP contribution in [0.15, 0.2) is 66.7 Å². The van der Waals surface area contributed by atoms with Crippen molar-refractivity contribution in [3.63, 3.8) is 0 Å². The third-order valence-corrected chi connectivity index (χ3v) is 9.66. The van der Waals surface area contributed by atoms with Crippen LogP contribution >= 0.6 is 0 Å². The average Bonchev–Trinajstić information content (AvgIpc) is 3.00. The standard InChI is InChI=1S/C40H52NO2/c1-29(15-7-5-8-16-30-17-9-6-10-18-30)23-24-31-25-26-35(40(2,3)4)36(27-31)41-39(42)28-34-32-19-11-13-21-37(32)43-38-22-14-12-20-33(34)38/h11-14,19-22,25-27,29-30,34H,1,5-10,15-18,23-24,28H2,2-4H3,(H,41,42). The van der Waals surface area contributed by atoms with Crippen LogP contribution in [0.2, 0.25) is 0 Å². The van der Waals surface area contributed by atoms with E-state index in [1.807, 2.05) is 36.4 Å². The van der Waals surface area contributed by atoms with Crippen LogP contribution in [0.5, 0.6) is 11.5 Å². The van der Waals surface area contributed by atoms with Crippen LogP contribution < -0.4 is 10.1 Å². The molecule has 2 aliphatic rings. The lowest BCUT2D eigenvalue weighted by Gasteiger charge is -2.28. The summed E-state index contributed by atoms with van der Waals surface area (Å²) in [4.78, 5) is 13.7. The fourth-order valence-corrected chi connectivity index (χ4v) is 7.15. The Morgan fingerprint density at radius 2 is 1.56 bits per heavy atom. The van der Waals surface area contributed by atoms with Crippen LogP contribution in [0.25, 0.3) is 0 Å². The summed E-state index contributed by atoms with van der Waals surface area (Å²) in [6, 6.07) is 22.8. The lowest BCUT2D eigenvalue weighted by Crippen LogP contribution is -2.22. The SMILES string of the molecule is [CH2]C(CCCCCC1CCCCC1)CCc1ccc(C(C)(C)C)c(NC(=O)CC2c3ccccc3Oc3ccccc32)c1. The summed E-state index contributed by atoms with van der Waals surface area (Å²) in [5, 5.41) is 3.33. The Hall–Kier alpha value is -3.07. The van der Waals surface area contributed by atoms with E-state index in [2.05, 4.69) is 63.3 Å². The van der Waals surface area contributed by atoms with Crippen LogP contribution in [0.1, 0.15) is 126 Å². The van der Waals surface area contributed by atoms with Crippen molar-refractivity contribution < 1.29 is 9.53 Å². The highest BCUT2D eigenvalue weighted by Gasteiger charge is 2.29. The number of rotatable bonds is 12. The van der Waals surface area contributed by atoms with Gasteiger partial charge in [-0.15, -0.1) is 0 Å². The van der Waals surface area contributed by atoms with Gasteiger partial charge in [-0.1, -0.05) is 140 Å². The van der Waals surface area contributed by atoms with Crippen molar-refractivity contribution in [1.29, 1.82) is 0 Å². The number of unbranched alkanes of at least 4 members (excludes halogenated alkanes) is 2. The van der Waals surface area contributed by atoms with Crippen molar-refractivity contribution in [1.82, 2.24) is 0 Å². The summed E-state index contributed by atoms with van der Waals surface area (Å²) in [5.74, 6) is 3.13. The Balaban J connectivity index is 1.18. The molecule has 5 rings (SSSR count). The number of anilines is 1. The molecule has 3 heteroatoms. The first kappa shape index (κ1) is 31.4. The number of ether oxygens (including phenoxy) is 1. The van der Waals surface area contributed by atoms with Gasteiger partial charge in [-0.3, -0.25) is 4.79 Å². The quantitative estimate of drug-likeness (QED) is 0.217. The van der Waals surface area contributed by atoms with Gasteiger partial charge in [-0.2, -0.15) is 0 Å². The zero-order valence-corrected chi connectivity index (χ0v) is 26.8. The molecular weight excluding hydrogens is 526 g/mol. The molecule has 1 unspecified atom stereocenters. The maximum absolute atomic E-state index is 13.7. The van der Waals surface area contributed by atoms with E-state index in [9.17, 15) is 4.79 Å². The number of carbonyl (C=O) groups excluding carboxylic acids is 1. The van der Waals surface area contributed by atoms with Crippen LogP contribution in [-0.2, 0) is 16.6 Å². The number of para-hydroxylation sites is 2. The highest BCUT2D eigenvalue weighted by Crippen LogP contribution is 2.45. The van der Waals surface area contributed by atoms with E-state index in [0.717, 1.165) is 47.1 Å². The van der Waals surface area contributed by atoms with Crippen molar-refractivity contribution >= 4 is 11.6 Å². The zero-order valence-electron chi connectivity index (χ0n) is 26.8. The summed E-state index contributed by atoms with van der Waals surface area (Å²) in [6.45, 7) is 11.1. The molecule has 0 spiro atoms. The maximum atomic E-state index is 13.7. The minimum absolute atomic E-state index is 0.0300. The predicted octanol–water partition coefficient (Wildman–Crippen LogP) is 11.2. The summed E-state index contributed by atoms with van der Waals surface area (Å²) in [6.07, 6.45) is 16.4. The number of nitrogens with one attached hydrogen (secondary N) is 1. The van der Waals surface area contributed by atoms with Gasteiger partial charge in [0.2, 0.25) is 5.91 Å². The molecule has 1 atom stereocenters. The summed E-state index contributed by atoms with van der Waals surface area (Å²) in [7, 11) is 0. The number of benzene rings is 3. The molecule has 43 heavy (non-hydrogen) atoms. The number of aryl methyl sites for hydroxylation is 1. The van der Waals surface area contributed by atoms with E-state index in [1.54, 1.807) is 0 Å². The fraction of sp³-hybridized carbons (Fsp3) is 0.500. The Kier molecular flexibility index (Phi) is 10.6. The molecular formula is C40H52NO2. The van der Waals surface area contributed by atoms with Gasteiger partial charge in [0, 0.05) is 29.2 Å². The average molecular weight is 579 g/mol. The Morgan fingerprint density at radius 1 is 0.884 bits per heavy atom. The van der Waals surface area contributed by atoms with E-state index in [0.29, 0.717) is 12.3 Å². The second kappa shape index (κ2) is 14.6. The van der Waals surface area contributed by atoms with Crippen molar-refractivity contribution in [3.05, 3.63) is 95.9 Å². The van der Waals surface area contributed by atoms with E-state index >= 15 is 0 Å². The van der Waals surface area contributed by atoms with Crippen LogP contribution in [-0.4, -0.2) is 5.91 Å². The first-order chi connectivity index (χ1) is 20.8. The fourth-order valence-electron chi connectivity index (χ4n) is 7.15. The molecule has 1 amide bonds. The van der Waals surface area contributed by atoms with Crippen molar-refractivity contribution in [2.45, 2.75) is 116 Å². The Morgan fingerprint density at radius 3 is 2.23 bits per heavy atom. The number of amides is 1. The van der Waals surface area contributed by atoms with E-state index in [4.69, 9.17) is 4.74 Å². The largest absolute Gasteiger partial charge is 0.457 e. The summed E-state index contributed by atoms with van der Waals surface area (Å²) in [5.41, 5.74) is 5.43. The smallest absolute Gasteiger partial charge is 0.225 e. The van der Waals surface area contributed by atoms with Gasteiger partial charge in [-0.05, 0) is 59.4 Å². The number of hydrogen-bond acceptors (Lipinski definition) is 2. The molecule has 229 valence electrons. The highest BCUT2D eigenvalue weighted by atomic mass is 16.5. The Labute approximate surface area is 260 Å². The maximum Gasteiger partial charge on any atom is 0.225 e. The molecule has 0 bridgehead atoms. The van der Waals surface area contributed by atoms with Gasteiger partial charge in [0.15, 0.2) is 0 Å². The molecule has 1 radical (unpaired) electrons. The third kappa shape index (κ3) is 8.52. The number of carbonyl (C=O) groups is 1. The van der Waals surface area contributed by atoms with Crippen LogP contribution in [0, 0.1) is 18.8 Å². The third-order valence-electron chi connectivity index (χ3n) is 9.66. The van der Waals surface area contributed by atoms with Gasteiger partial charge in [0.05, 0.1) is 0 Å². The molecule has 0 aromatic heterocycles. The van der Waals surface area contributed by atoms with Crippen molar-refractivity contribution in [3.8, 4) is 11.5 Å². The van der Waals surface area contributed by atoms with Crippen molar-refractivity contribution in [2.75, 3.05) is 5.32 Å². The van der Waals surface area contributed by atoms with Crippen LogP contribution in [0.4, 0.5) is 5.69 Å². The lowest BCUT2D eigenvalue weighted by molar-refractivity contribution is -0.116. The first-order valence-corrected chi connectivity index (χ1v) is 16.9. The topological polar surface area (TPSA) is 38.3 Å². The van der Waals surface area contributed by atoms with E-state index < -0.39 is 0 Å². The van der Waals surface area contributed by atoms with Crippen LogP contribution in [0.3, 0.4) is 0 Å². The minimum atomic E-state index is -0.0779. The molecule has 3 nitrogen and oxygen atoms in total. The van der Waals surface area contributed by atoms with Gasteiger partial charge in [0.25, 0.3) is 0 Å². The lowest BCUT2D eigenvalue weighted by atomic mass is 9.83. The normalized spacial score (nSPS) is 16.2. The van der Waals surface area contributed by atoms with E-state index in [1.165, 1.54) is 75.3 Å². The summed E-state index contributed by atoms with van der Waals surface area (Å²) >= 11 is 0. The van der Waals surface area contributed by atoms with E-state index in [-0.39, 0.29) is 17.2 Å². The second-order valence-electron chi connectivity index (χ2n) is 14.2. The second-order valence-corrected chi connectivity index (χ2v) is 14.2. The first-order valence-electron chi connectivity index (χ1n) is 16.9. The van der Waals surface area contributed by atoms with Gasteiger partial charge in [0.1, 0.15) is 11.5 Å². The number of fused-ring (bicyclic) bond motifs is 2. The minimum Gasteiger partial charge on any atom is -0.457 e. The highest BCUT2D eigenvalue weighted by molar-refractivity contribution is 5.93. The number of hydrogen-bond donors (Lipinski definition) is 1. The van der Waals surface area contributed by atoms with Gasteiger partial charge >= 0.3 is 0 Å². The molecule has 1 heterocycles. The van der Waals surface area contributed by atoms with Gasteiger partial charge in [-0.25, -0.2) is 0 Å². The molecule has 1 aliphatic carbocycles. The molecule has 1 fully saturated rings. The van der Waals surface area contributed by atoms with Crippen molar-refractivity contribution in [2.24, 2.45) is 11.8 Å². The molecule has 1 aliphatic heterocycles. The van der Waals surface area contributed by atoms with Gasteiger partial charge < -0.3 is 10.1 Å². The summed E-state index contributed by atoms with van der Waals surface area (Å²) < 4.78 is 6.16. The molecule has 3 aromatic rings. The molecule has 0 saturated heterocycles. The molecule has 1 N–H and O–H groups in total. The monoisotopic (exact) mass is 578 g/mol. The zero-order chi connectivity index (χ0) is 30.2. The molecule has 3 aromatic carbocycles. The predicted molar refractivity (Wildman–Crippen MR) is 180 cm³/mol.